The number of carboxylic acid groups (broad SMARTS) is 1. The van der Waals surface area contributed by atoms with Crippen molar-refractivity contribution in [3.63, 3.8) is 0 Å². The van der Waals surface area contributed by atoms with Crippen LogP contribution in [-0.4, -0.2) is 24.2 Å². The van der Waals surface area contributed by atoms with Crippen LogP contribution >= 0.6 is 23.2 Å². The zero-order chi connectivity index (χ0) is 15.2. The molecular weight excluding hydrogens is 303 g/mol. The van der Waals surface area contributed by atoms with Crippen molar-refractivity contribution in [2.24, 2.45) is 5.11 Å². The number of halogens is 2. The summed E-state index contributed by atoms with van der Waals surface area (Å²) in [6.45, 7) is 2.17. The molecule has 1 atom stereocenters. The Morgan fingerprint density at radius 3 is 2.85 bits per heavy atom. The fourth-order valence-electron chi connectivity index (χ4n) is 1.71. The Morgan fingerprint density at radius 1 is 1.55 bits per heavy atom. The van der Waals surface area contributed by atoms with Crippen LogP contribution in [0.25, 0.3) is 10.4 Å². The first-order valence-corrected chi connectivity index (χ1v) is 6.63. The Labute approximate surface area is 126 Å². The molecule has 8 heteroatoms. The fraction of sp³-hybridized carbons (Fsp3) is 0.417. The number of benzene rings is 1. The van der Waals surface area contributed by atoms with Gasteiger partial charge in [0.1, 0.15) is 5.54 Å². The number of hydrogen-bond acceptors (Lipinski definition) is 3. The van der Waals surface area contributed by atoms with Gasteiger partial charge in [-0.25, -0.2) is 4.79 Å². The second-order valence-electron chi connectivity index (χ2n) is 4.27. The van der Waals surface area contributed by atoms with E-state index in [2.05, 4.69) is 15.3 Å². The summed E-state index contributed by atoms with van der Waals surface area (Å²) in [5, 5.41) is 16.3. The third-order valence-electron chi connectivity index (χ3n) is 2.89. The maximum atomic E-state index is 11.6. The molecule has 1 aromatic rings. The van der Waals surface area contributed by atoms with Gasteiger partial charge in [0.15, 0.2) is 0 Å². The number of nitrogens with one attached hydrogen (secondary N) is 1. The van der Waals surface area contributed by atoms with E-state index in [0.29, 0.717) is 30.1 Å². The number of hydrogen-bond donors (Lipinski definition) is 2. The molecule has 108 valence electrons. The van der Waals surface area contributed by atoms with Gasteiger partial charge in [-0.05, 0) is 31.5 Å². The molecule has 0 bridgehead atoms. The first-order chi connectivity index (χ1) is 9.43. The summed E-state index contributed by atoms with van der Waals surface area (Å²) in [4.78, 5) is 14.2. The highest BCUT2D eigenvalue weighted by Gasteiger charge is 2.36. The quantitative estimate of drug-likeness (QED) is 0.348. The zero-order valence-electron chi connectivity index (χ0n) is 10.8. The van der Waals surface area contributed by atoms with Gasteiger partial charge in [-0.1, -0.05) is 40.4 Å². The molecule has 0 fully saturated rings. The molecule has 0 aliphatic heterocycles. The molecule has 1 unspecified atom stereocenters. The summed E-state index contributed by atoms with van der Waals surface area (Å²) < 4.78 is 0. The SMILES string of the molecule is CC(NCCCN=[N+]=[N-])(C(=O)O)c1cccc(Cl)c1Cl. The summed E-state index contributed by atoms with van der Waals surface area (Å²) >= 11 is 12.0. The van der Waals surface area contributed by atoms with Crippen LogP contribution in [0.4, 0.5) is 0 Å². The number of carboxylic acids is 1. The maximum absolute atomic E-state index is 11.6. The summed E-state index contributed by atoms with van der Waals surface area (Å²) in [6.07, 6.45) is 0.519. The number of azide groups is 1. The molecule has 0 aromatic heterocycles. The second kappa shape index (κ2) is 7.36. The van der Waals surface area contributed by atoms with Gasteiger partial charge in [0.05, 0.1) is 10.0 Å². The summed E-state index contributed by atoms with van der Waals surface area (Å²) in [6, 6.07) is 4.85. The van der Waals surface area contributed by atoms with Crippen LogP contribution in [0.2, 0.25) is 10.0 Å². The minimum absolute atomic E-state index is 0.210. The van der Waals surface area contributed by atoms with Crippen LogP contribution in [-0.2, 0) is 10.3 Å². The predicted octanol–water partition coefficient (Wildman–Crippen LogP) is 3.58. The van der Waals surface area contributed by atoms with Crippen molar-refractivity contribution in [3.05, 3.63) is 44.3 Å². The van der Waals surface area contributed by atoms with E-state index in [0.717, 1.165) is 0 Å². The van der Waals surface area contributed by atoms with Crippen LogP contribution in [0.5, 0.6) is 0 Å². The maximum Gasteiger partial charge on any atom is 0.328 e. The van der Waals surface area contributed by atoms with Crippen molar-refractivity contribution in [2.75, 3.05) is 13.1 Å². The van der Waals surface area contributed by atoms with Crippen LogP contribution in [0.3, 0.4) is 0 Å². The van der Waals surface area contributed by atoms with E-state index in [4.69, 9.17) is 28.7 Å². The molecule has 0 aliphatic rings. The molecular formula is C12H14Cl2N4O2. The first-order valence-electron chi connectivity index (χ1n) is 5.87. The van der Waals surface area contributed by atoms with E-state index < -0.39 is 11.5 Å². The van der Waals surface area contributed by atoms with Crippen molar-refractivity contribution in [1.29, 1.82) is 0 Å². The lowest BCUT2D eigenvalue weighted by Gasteiger charge is -2.28. The lowest BCUT2D eigenvalue weighted by atomic mass is 9.92. The van der Waals surface area contributed by atoms with E-state index in [1.807, 2.05) is 0 Å². The van der Waals surface area contributed by atoms with Gasteiger partial charge in [0.25, 0.3) is 0 Å². The Kier molecular flexibility index (Phi) is 6.10. The lowest BCUT2D eigenvalue weighted by Crippen LogP contribution is -2.47. The Balaban J connectivity index is 2.94. The number of nitrogens with zero attached hydrogens (tertiary/aromatic N) is 3. The summed E-state index contributed by atoms with van der Waals surface area (Å²) in [5.41, 5.74) is 7.20. The Hall–Kier alpha value is -1.46. The Bertz CT molecular complexity index is 546. The molecule has 1 rings (SSSR count). The zero-order valence-corrected chi connectivity index (χ0v) is 12.3. The normalized spacial score (nSPS) is 13.3. The fourth-order valence-corrected chi connectivity index (χ4v) is 2.20. The molecule has 0 radical (unpaired) electrons. The highest BCUT2D eigenvalue weighted by Crippen LogP contribution is 2.33. The number of rotatable bonds is 7. The van der Waals surface area contributed by atoms with Crippen molar-refractivity contribution < 1.29 is 9.90 Å². The second-order valence-corrected chi connectivity index (χ2v) is 5.05. The minimum atomic E-state index is -1.36. The van der Waals surface area contributed by atoms with E-state index >= 15 is 0 Å². The average molecular weight is 317 g/mol. The first kappa shape index (κ1) is 16.6. The monoisotopic (exact) mass is 316 g/mol. The number of carbonyl (C=O) groups is 1. The van der Waals surface area contributed by atoms with Gasteiger partial charge < -0.3 is 5.11 Å². The predicted molar refractivity (Wildman–Crippen MR) is 78.1 cm³/mol. The largest absolute Gasteiger partial charge is 0.480 e. The molecule has 0 amide bonds. The third-order valence-corrected chi connectivity index (χ3v) is 3.71. The molecule has 0 saturated carbocycles. The van der Waals surface area contributed by atoms with Crippen molar-refractivity contribution in [1.82, 2.24) is 5.32 Å². The van der Waals surface area contributed by atoms with Crippen LogP contribution in [0, 0.1) is 0 Å². The smallest absolute Gasteiger partial charge is 0.328 e. The third kappa shape index (κ3) is 3.77. The van der Waals surface area contributed by atoms with Crippen LogP contribution < -0.4 is 5.32 Å². The Morgan fingerprint density at radius 2 is 2.25 bits per heavy atom. The van der Waals surface area contributed by atoms with Crippen LogP contribution in [0.15, 0.2) is 23.3 Å². The molecule has 0 aliphatic carbocycles. The lowest BCUT2D eigenvalue weighted by molar-refractivity contribution is -0.144. The highest BCUT2D eigenvalue weighted by atomic mass is 35.5. The van der Waals surface area contributed by atoms with Gasteiger partial charge in [-0.2, -0.15) is 0 Å². The van der Waals surface area contributed by atoms with E-state index in [-0.39, 0.29) is 5.02 Å². The van der Waals surface area contributed by atoms with Gasteiger partial charge in [-0.15, -0.1) is 0 Å². The summed E-state index contributed by atoms with van der Waals surface area (Å²) in [7, 11) is 0. The van der Waals surface area contributed by atoms with Gasteiger partial charge in [-0.3, -0.25) is 5.32 Å². The van der Waals surface area contributed by atoms with Crippen molar-refractivity contribution in [3.8, 4) is 0 Å². The molecule has 20 heavy (non-hydrogen) atoms. The van der Waals surface area contributed by atoms with Gasteiger partial charge in [0, 0.05) is 17.0 Å². The highest BCUT2D eigenvalue weighted by molar-refractivity contribution is 6.42. The number of aliphatic carboxylic acids is 1. The van der Waals surface area contributed by atoms with Gasteiger partial charge in [0.2, 0.25) is 0 Å². The topological polar surface area (TPSA) is 98.1 Å². The molecule has 6 nitrogen and oxygen atoms in total. The van der Waals surface area contributed by atoms with E-state index in [9.17, 15) is 9.90 Å². The molecule has 1 aromatic carbocycles. The van der Waals surface area contributed by atoms with Gasteiger partial charge >= 0.3 is 5.97 Å². The molecule has 0 spiro atoms. The molecule has 2 N–H and O–H groups in total. The van der Waals surface area contributed by atoms with E-state index in [1.54, 1.807) is 18.2 Å². The average Bonchev–Trinajstić information content (AvgIpc) is 2.41. The van der Waals surface area contributed by atoms with Crippen molar-refractivity contribution in [2.45, 2.75) is 18.9 Å². The van der Waals surface area contributed by atoms with E-state index in [1.165, 1.54) is 6.92 Å². The van der Waals surface area contributed by atoms with Crippen LogP contribution in [0.1, 0.15) is 18.9 Å². The standard InChI is InChI=1S/C12H14Cl2N4O2/c1-12(11(19)20,16-6-3-7-17-18-15)8-4-2-5-9(13)10(8)14/h2,4-5,16H,3,6-7H2,1H3,(H,19,20). The molecule has 0 heterocycles. The molecule has 0 saturated heterocycles. The summed E-state index contributed by atoms with van der Waals surface area (Å²) in [5.74, 6) is -1.06. The van der Waals surface area contributed by atoms with Crippen molar-refractivity contribution >= 4 is 29.2 Å². The minimum Gasteiger partial charge on any atom is -0.480 e.